The number of benzene rings is 1. The average molecular weight is 316 g/mol. The Balaban J connectivity index is 1.67. The molecule has 5 nitrogen and oxygen atoms in total. The molecule has 0 N–H and O–H groups in total. The van der Waals surface area contributed by atoms with Crippen molar-refractivity contribution in [2.24, 2.45) is 5.92 Å². The molecule has 2 saturated heterocycles. The van der Waals surface area contributed by atoms with Crippen LogP contribution in [0.1, 0.15) is 28.8 Å². The van der Waals surface area contributed by atoms with Gasteiger partial charge in [-0.05, 0) is 31.4 Å². The lowest BCUT2D eigenvalue weighted by atomic mass is 9.95. The summed E-state index contributed by atoms with van der Waals surface area (Å²) in [5, 5.41) is 0. The highest BCUT2D eigenvalue weighted by Crippen LogP contribution is 2.22. The quantitative estimate of drug-likeness (QED) is 0.834. The molecule has 1 aromatic carbocycles. The van der Waals surface area contributed by atoms with Crippen LogP contribution in [-0.2, 0) is 9.53 Å². The highest BCUT2D eigenvalue weighted by molar-refractivity contribution is 5.96. The van der Waals surface area contributed by atoms with Crippen molar-refractivity contribution in [3.8, 4) is 0 Å². The highest BCUT2D eigenvalue weighted by atomic mass is 16.5. The van der Waals surface area contributed by atoms with E-state index in [0.29, 0.717) is 32.8 Å². The molecule has 2 fully saturated rings. The summed E-state index contributed by atoms with van der Waals surface area (Å²) in [6, 6.07) is 7.65. The second-order valence-corrected chi connectivity index (χ2v) is 6.34. The first-order valence-electron chi connectivity index (χ1n) is 8.38. The van der Waals surface area contributed by atoms with Gasteiger partial charge in [-0.3, -0.25) is 9.59 Å². The van der Waals surface area contributed by atoms with Gasteiger partial charge >= 0.3 is 0 Å². The summed E-state index contributed by atoms with van der Waals surface area (Å²) < 4.78 is 5.31. The minimum atomic E-state index is -0.0742. The molecule has 23 heavy (non-hydrogen) atoms. The second kappa shape index (κ2) is 7.13. The Bertz CT molecular complexity index is 581. The normalized spacial score (nSPS) is 22.0. The molecule has 1 aromatic rings. The van der Waals surface area contributed by atoms with E-state index < -0.39 is 0 Å². The summed E-state index contributed by atoms with van der Waals surface area (Å²) >= 11 is 0. The third-order valence-corrected chi connectivity index (χ3v) is 4.76. The van der Waals surface area contributed by atoms with Gasteiger partial charge < -0.3 is 14.5 Å². The largest absolute Gasteiger partial charge is 0.378 e. The van der Waals surface area contributed by atoms with Crippen LogP contribution < -0.4 is 0 Å². The SMILES string of the molecule is Cc1ccccc1C(=O)N1CCCC(C(=O)N2CCOCC2)C1. The maximum atomic E-state index is 12.7. The van der Waals surface area contributed by atoms with Crippen LogP contribution in [0.4, 0.5) is 0 Å². The van der Waals surface area contributed by atoms with Crippen molar-refractivity contribution in [3.63, 3.8) is 0 Å². The summed E-state index contributed by atoms with van der Waals surface area (Å²) in [5.74, 6) is 0.146. The summed E-state index contributed by atoms with van der Waals surface area (Å²) in [4.78, 5) is 29.1. The van der Waals surface area contributed by atoms with Gasteiger partial charge in [0.1, 0.15) is 0 Å². The zero-order valence-corrected chi connectivity index (χ0v) is 13.7. The molecule has 0 saturated carbocycles. The van der Waals surface area contributed by atoms with Crippen molar-refractivity contribution in [3.05, 3.63) is 35.4 Å². The molecule has 0 bridgehead atoms. The molecule has 1 atom stereocenters. The average Bonchev–Trinajstić information content (AvgIpc) is 2.62. The third kappa shape index (κ3) is 3.55. The number of piperidine rings is 1. The van der Waals surface area contributed by atoms with E-state index in [9.17, 15) is 9.59 Å². The molecule has 124 valence electrons. The summed E-state index contributed by atoms with van der Waals surface area (Å²) in [6.07, 6.45) is 1.76. The van der Waals surface area contributed by atoms with Crippen molar-refractivity contribution >= 4 is 11.8 Å². The number of nitrogens with zero attached hydrogens (tertiary/aromatic N) is 2. The number of morpholine rings is 1. The maximum Gasteiger partial charge on any atom is 0.254 e. The van der Waals surface area contributed by atoms with Crippen molar-refractivity contribution in [1.82, 2.24) is 9.80 Å². The van der Waals surface area contributed by atoms with Crippen LogP contribution in [0.5, 0.6) is 0 Å². The molecule has 0 aliphatic carbocycles. The zero-order chi connectivity index (χ0) is 16.2. The summed E-state index contributed by atoms with van der Waals surface area (Å²) in [5.41, 5.74) is 1.73. The van der Waals surface area contributed by atoms with Gasteiger partial charge in [0.05, 0.1) is 19.1 Å². The van der Waals surface area contributed by atoms with Gasteiger partial charge in [0.15, 0.2) is 0 Å². The zero-order valence-electron chi connectivity index (χ0n) is 13.7. The summed E-state index contributed by atoms with van der Waals surface area (Å²) in [7, 11) is 0. The number of ether oxygens (including phenoxy) is 1. The first-order chi connectivity index (χ1) is 11.2. The predicted molar refractivity (Wildman–Crippen MR) is 87.2 cm³/mol. The van der Waals surface area contributed by atoms with Gasteiger partial charge in [0, 0.05) is 31.7 Å². The number of carbonyl (C=O) groups is 2. The first-order valence-corrected chi connectivity index (χ1v) is 8.38. The lowest BCUT2D eigenvalue weighted by molar-refractivity contribution is -0.141. The van der Waals surface area contributed by atoms with Crippen molar-refractivity contribution in [1.29, 1.82) is 0 Å². The Hall–Kier alpha value is -1.88. The van der Waals surface area contributed by atoms with Gasteiger partial charge in [-0.25, -0.2) is 0 Å². The highest BCUT2D eigenvalue weighted by Gasteiger charge is 2.32. The molecule has 3 rings (SSSR count). The topological polar surface area (TPSA) is 49.9 Å². The number of hydrogen-bond donors (Lipinski definition) is 0. The van der Waals surface area contributed by atoms with Gasteiger partial charge in [0.25, 0.3) is 5.91 Å². The maximum absolute atomic E-state index is 12.7. The smallest absolute Gasteiger partial charge is 0.254 e. The van der Waals surface area contributed by atoms with E-state index in [2.05, 4.69) is 0 Å². The molecule has 2 aliphatic heterocycles. The first kappa shape index (κ1) is 16.0. The Kier molecular flexibility index (Phi) is 4.96. The van der Waals surface area contributed by atoms with Gasteiger partial charge in [-0.1, -0.05) is 18.2 Å². The van der Waals surface area contributed by atoms with E-state index in [1.165, 1.54) is 0 Å². The standard InChI is InChI=1S/C18H24N2O3/c1-14-5-2-3-7-16(14)18(22)20-8-4-6-15(13-20)17(21)19-9-11-23-12-10-19/h2-3,5,7,15H,4,6,8-13H2,1H3. The fourth-order valence-electron chi connectivity index (χ4n) is 3.39. The molecular weight excluding hydrogens is 292 g/mol. The minimum absolute atomic E-state index is 0.0441. The van der Waals surface area contributed by atoms with Crippen molar-refractivity contribution in [2.75, 3.05) is 39.4 Å². The fourth-order valence-corrected chi connectivity index (χ4v) is 3.39. The van der Waals surface area contributed by atoms with Crippen molar-refractivity contribution in [2.45, 2.75) is 19.8 Å². The number of carbonyl (C=O) groups excluding carboxylic acids is 2. The Morgan fingerprint density at radius 2 is 1.83 bits per heavy atom. The van der Waals surface area contributed by atoms with Gasteiger partial charge in [-0.2, -0.15) is 0 Å². The molecule has 5 heteroatoms. The molecule has 2 heterocycles. The fraction of sp³-hybridized carbons (Fsp3) is 0.556. The van der Waals surface area contributed by atoms with Crippen LogP contribution in [0.15, 0.2) is 24.3 Å². The number of likely N-dealkylation sites (tertiary alicyclic amines) is 1. The Labute approximate surface area is 137 Å². The number of amides is 2. The number of aryl methyl sites for hydroxylation is 1. The molecule has 2 amide bonds. The van der Waals surface area contributed by atoms with Crippen LogP contribution in [0.2, 0.25) is 0 Å². The number of rotatable bonds is 2. The van der Waals surface area contributed by atoms with E-state index in [4.69, 9.17) is 4.74 Å². The van der Waals surface area contributed by atoms with Crippen LogP contribution >= 0.6 is 0 Å². The van der Waals surface area contributed by atoms with E-state index >= 15 is 0 Å². The van der Waals surface area contributed by atoms with Crippen LogP contribution in [-0.4, -0.2) is 61.0 Å². The van der Waals surface area contributed by atoms with Crippen molar-refractivity contribution < 1.29 is 14.3 Å². The Morgan fingerprint density at radius 3 is 2.57 bits per heavy atom. The van der Waals surface area contributed by atoms with E-state index in [1.54, 1.807) is 0 Å². The number of hydrogen-bond acceptors (Lipinski definition) is 3. The molecule has 0 radical (unpaired) electrons. The van der Waals surface area contributed by atoms with Gasteiger partial charge in [-0.15, -0.1) is 0 Å². The van der Waals surface area contributed by atoms with Crippen LogP contribution in [0.25, 0.3) is 0 Å². The molecule has 2 aliphatic rings. The summed E-state index contributed by atoms with van der Waals surface area (Å²) in [6.45, 7) is 5.79. The van der Waals surface area contributed by atoms with E-state index in [1.807, 2.05) is 41.0 Å². The monoisotopic (exact) mass is 316 g/mol. The van der Waals surface area contributed by atoms with Gasteiger partial charge in [0.2, 0.25) is 5.91 Å². The molecular formula is C18H24N2O3. The second-order valence-electron chi connectivity index (χ2n) is 6.34. The van der Waals surface area contributed by atoms with E-state index in [0.717, 1.165) is 30.5 Å². The molecule has 0 aromatic heterocycles. The van der Waals surface area contributed by atoms with E-state index in [-0.39, 0.29) is 17.7 Å². The lowest BCUT2D eigenvalue weighted by Crippen LogP contribution is -2.49. The minimum Gasteiger partial charge on any atom is -0.378 e. The predicted octanol–water partition coefficient (Wildman–Crippen LogP) is 1.71. The molecule has 1 unspecified atom stereocenters. The van der Waals surface area contributed by atoms with Crippen LogP contribution in [0, 0.1) is 12.8 Å². The third-order valence-electron chi connectivity index (χ3n) is 4.76. The van der Waals surface area contributed by atoms with Crippen LogP contribution in [0.3, 0.4) is 0 Å². The Morgan fingerprint density at radius 1 is 1.09 bits per heavy atom. The lowest BCUT2D eigenvalue weighted by Gasteiger charge is -2.36. The molecule has 0 spiro atoms.